The summed E-state index contributed by atoms with van der Waals surface area (Å²) in [7, 11) is -1.98. The van der Waals surface area contributed by atoms with Crippen molar-refractivity contribution < 1.29 is 8.42 Å². The van der Waals surface area contributed by atoms with Gasteiger partial charge in [-0.3, -0.25) is 0 Å². The number of halogens is 1. The average Bonchev–Trinajstić information content (AvgIpc) is 2.45. The van der Waals surface area contributed by atoms with E-state index in [9.17, 15) is 8.42 Å². The normalized spacial score (nSPS) is 14.2. The molecule has 0 amide bonds. The van der Waals surface area contributed by atoms with Crippen LogP contribution >= 0.6 is 11.6 Å². The molecule has 0 aliphatic heterocycles. The minimum atomic E-state index is -3.63. The lowest BCUT2D eigenvalue weighted by atomic mass is 10.1. The van der Waals surface area contributed by atoms with Crippen molar-refractivity contribution in [3.05, 3.63) is 11.5 Å². The summed E-state index contributed by atoms with van der Waals surface area (Å²) < 4.78 is 28.0. The molecule has 17 heavy (non-hydrogen) atoms. The monoisotopic (exact) mass is 279 g/mol. The molecule has 0 aliphatic carbocycles. The second kappa shape index (κ2) is 5.37. The van der Waals surface area contributed by atoms with Crippen LogP contribution in [0, 0.1) is 5.92 Å². The lowest BCUT2D eigenvalue weighted by Gasteiger charge is -2.15. The van der Waals surface area contributed by atoms with Gasteiger partial charge in [0.15, 0.2) is 0 Å². The van der Waals surface area contributed by atoms with Crippen LogP contribution in [0.15, 0.2) is 11.4 Å². The lowest BCUT2D eigenvalue weighted by Crippen LogP contribution is -2.33. The predicted octanol–water partition coefficient (Wildman–Crippen LogP) is 1.79. The zero-order valence-corrected chi connectivity index (χ0v) is 12.0. The molecule has 1 atom stereocenters. The highest BCUT2D eigenvalue weighted by molar-refractivity contribution is 7.89. The van der Waals surface area contributed by atoms with E-state index in [2.05, 4.69) is 9.71 Å². The maximum atomic E-state index is 12.0. The number of nitrogens with one attached hydrogen (secondary N) is 1. The molecule has 0 radical (unpaired) electrons. The van der Waals surface area contributed by atoms with E-state index in [1.165, 1.54) is 10.9 Å². The van der Waals surface area contributed by atoms with E-state index in [0.717, 1.165) is 6.42 Å². The van der Waals surface area contributed by atoms with E-state index >= 15 is 0 Å². The van der Waals surface area contributed by atoms with Gasteiger partial charge in [0.05, 0.1) is 6.33 Å². The number of hydrogen-bond donors (Lipinski definition) is 1. The third-order valence-corrected chi connectivity index (χ3v) is 4.35. The molecular formula is C10H18ClN3O2S. The fraction of sp³-hybridized carbons (Fsp3) is 0.700. The van der Waals surface area contributed by atoms with Gasteiger partial charge in [-0.25, -0.2) is 18.1 Å². The second-order valence-corrected chi connectivity index (χ2v) is 6.59. The maximum Gasteiger partial charge on any atom is 0.261 e. The first kappa shape index (κ1) is 14.5. The number of aryl methyl sites for hydroxylation is 1. The second-order valence-electron chi connectivity index (χ2n) is 4.60. The fourth-order valence-electron chi connectivity index (χ4n) is 1.65. The van der Waals surface area contributed by atoms with Gasteiger partial charge in [-0.15, -0.1) is 0 Å². The number of aromatic nitrogens is 2. The van der Waals surface area contributed by atoms with Crippen molar-refractivity contribution in [1.29, 1.82) is 0 Å². The van der Waals surface area contributed by atoms with Crippen LogP contribution in [0.2, 0.25) is 5.15 Å². The summed E-state index contributed by atoms with van der Waals surface area (Å²) in [6.45, 7) is 5.91. The molecule has 0 spiro atoms. The highest BCUT2D eigenvalue weighted by Gasteiger charge is 2.24. The van der Waals surface area contributed by atoms with Gasteiger partial charge in [0.25, 0.3) is 10.0 Å². The fourth-order valence-corrected chi connectivity index (χ4v) is 3.34. The summed E-state index contributed by atoms with van der Waals surface area (Å²) in [6, 6.07) is -0.141. The largest absolute Gasteiger partial charge is 0.324 e. The van der Waals surface area contributed by atoms with Crippen molar-refractivity contribution in [3.63, 3.8) is 0 Å². The van der Waals surface area contributed by atoms with Crippen LogP contribution in [-0.4, -0.2) is 24.0 Å². The summed E-state index contributed by atoms with van der Waals surface area (Å²) in [5, 5.41) is 0.00604. The third kappa shape index (κ3) is 3.69. The molecule has 1 rings (SSSR count). The number of imidazole rings is 1. The summed E-state index contributed by atoms with van der Waals surface area (Å²) in [6.07, 6.45) is 2.15. The van der Waals surface area contributed by atoms with E-state index in [-0.39, 0.29) is 16.2 Å². The molecular weight excluding hydrogens is 262 g/mol. The first-order valence-electron chi connectivity index (χ1n) is 5.43. The number of hydrogen-bond acceptors (Lipinski definition) is 3. The molecule has 98 valence electrons. The molecule has 1 aromatic heterocycles. The Kier molecular flexibility index (Phi) is 4.57. The van der Waals surface area contributed by atoms with Crippen LogP contribution in [0.4, 0.5) is 0 Å². The highest BCUT2D eigenvalue weighted by Crippen LogP contribution is 2.19. The van der Waals surface area contributed by atoms with E-state index < -0.39 is 10.0 Å². The van der Waals surface area contributed by atoms with Crippen LogP contribution in [0.25, 0.3) is 0 Å². The van der Waals surface area contributed by atoms with E-state index in [1.807, 2.05) is 20.8 Å². The Morgan fingerprint density at radius 2 is 2.06 bits per heavy atom. The minimum absolute atomic E-state index is 0.114. The maximum absolute atomic E-state index is 12.0. The predicted molar refractivity (Wildman–Crippen MR) is 67.5 cm³/mol. The summed E-state index contributed by atoms with van der Waals surface area (Å²) >= 11 is 5.86. The zero-order chi connectivity index (χ0) is 13.2. The van der Waals surface area contributed by atoms with E-state index in [1.54, 1.807) is 7.05 Å². The number of nitrogens with zero attached hydrogens (tertiary/aromatic N) is 2. The summed E-state index contributed by atoms with van der Waals surface area (Å²) in [4.78, 5) is 3.80. The molecule has 0 saturated carbocycles. The lowest BCUT2D eigenvalue weighted by molar-refractivity contribution is 0.481. The van der Waals surface area contributed by atoms with Crippen molar-refractivity contribution in [2.24, 2.45) is 13.0 Å². The molecule has 0 fully saturated rings. The molecule has 0 saturated heterocycles. The van der Waals surface area contributed by atoms with Gasteiger partial charge >= 0.3 is 0 Å². The van der Waals surface area contributed by atoms with Crippen LogP contribution in [0.3, 0.4) is 0 Å². The molecule has 1 unspecified atom stereocenters. The molecule has 1 heterocycles. The highest BCUT2D eigenvalue weighted by atomic mass is 35.5. The Balaban J connectivity index is 2.86. The molecule has 0 aromatic carbocycles. The van der Waals surface area contributed by atoms with Gasteiger partial charge in [0.1, 0.15) is 5.15 Å². The van der Waals surface area contributed by atoms with Gasteiger partial charge in [-0.2, -0.15) is 0 Å². The standard InChI is InChI=1S/C10H18ClN3O2S/c1-7(2)5-8(3)13-17(15,16)10-9(11)14(4)6-12-10/h6-8,13H,5H2,1-4H3. The summed E-state index contributed by atoms with van der Waals surface area (Å²) in [5.74, 6) is 0.423. The van der Waals surface area contributed by atoms with Crippen LogP contribution in [-0.2, 0) is 17.1 Å². The minimum Gasteiger partial charge on any atom is -0.324 e. The first-order valence-corrected chi connectivity index (χ1v) is 7.29. The van der Waals surface area contributed by atoms with Gasteiger partial charge in [0, 0.05) is 13.1 Å². The van der Waals surface area contributed by atoms with Crippen molar-refractivity contribution >= 4 is 21.6 Å². The Morgan fingerprint density at radius 3 is 2.47 bits per heavy atom. The number of rotatable bonds is 5. The van der Waals surface area contributed by atoms with Gasteiger partial charge < -0.3 is 4.57 Å². The van der Waals surface area contributed by atoms with Crippen molar-refractivity contribution in [1.82, 2.24) is 14.3 Å². The topological polar surface area (TPSA) is 64.0 Å². The molecule has 7 heteroatoms. The molecule has 5 nitrogen and oxygen atoms in total. The smallest absolute Gasteiger partial charge is 0.261 e. The Labute approximate surface area is 107 Å². The number of sulfonamides is 1. The third-order valence-electron chi connectivity index (χ3n) is 2.27. The SMILES string of the molecule is CC(C)CC(C)NS(=O)(=O)c1ncn(C)c1Cl. The van der Waals surface area contributed by atoms with Gasteiger partial charge in [0.2, 0.25) is 5.03 Å². The average molecular weight is 280 g/mol. The van der Waals surface area contributed by atoms with Crippen molar-refractivity contribution in [2.45, 2.75) is 38.3 Å². The van der Waals surface area contributed by atoms with Crippen molar-refractivity contribution in [3.8, 4) is 0 Å². The van der Waals surface area contributed by atoms with Gasteiger partial charge in [-0.1, -0.05) is 25.4 Å². The van der Waals surface area contributed by atoms with Crippen LogP contribution in [0.5, 0.6) is 0 Å². The molecule has 1 aromatic rings. The molecule has 0 bridgehead atoms. The van der Waals surface area contributed by atoms with Gasteiger partial charge in [-0.05, 0) is 19.3 Å². The zero-order valence-electron chi connectivity index (χ0n) is 10.4. The Morgan fingerprint density at radius 1 is 1.47 bits per heavy atom. The Bertz CT molecular complexity index is 482. The van der Waals surface area contributed by atoms with Crippen LogP contribution < -0.4 is 4.72 Å². The first-order chi connectivity index (χ1) is 7.74. The molecule has 1 N–H and O–H groups in total. The van der Waals surface area contributed by atoms with E-state index in [0.29, 0.717) is 5.92 Å². The van der Waals surface area contributed by atoms with Crippen LogP contribution in [0.1, 0.15) is 27.2 Å². The molecule has 0 aliphatic rings. The summed E-state index contributed by atoms with van der Waals surface area (Å²) in [5.41, 5.74) is 0. The Hall–Kier alpha value is -0.590. The van der Waals surface area contributed by atoms with Crippen molar-refractivity contribution in [2.75, 3.05) is 0 Å². The quantitative estimate of drug-likeness (QED) is 0.894. The van der Waals surface area contributed by atoms with E-state index in [4.69, 9.17) is 11.6 Å².